The molecule has 0 aromatic heterocycles. The number of aryl methyl sites for hydroxylation is 1. The van der Waals surface area contributed by atoms with Gasteiger partial charge in [0.2, 0.25) is 0 Å². The minimum absolute atomic E-state index is 0.0539. The Morgan fingerprint density at radius 2 is 1.67 bits per heavy atom. The summed E-state index contributed by atoms with van der Waals surface area (Å²) in [4.78, 5) is 24.2. The van der Waals surface area contributed by atoms with Gasteiger partial charge < -0.3 is 14.8 Å². The van der Waals surface area contributed by atoms with Crippen molar-refractivity contribution in [1.82, 2.24) is 0 Å². The van der Waals surface area contributed by atoms with Gasteiger partial charge in [0.25, 0.3) is 15.9 Å². The molecule has 0 spiro atoms. The lowest BCUT2D eigenvalue weighted by atomic mass is 10.2. The number of esters is 1. The largest absolute Gasteiger partial charge is 0.497 e. The minimum Gasteiger partial charge on any atom is -0.497 e. The SMILES string of the molecule is COc1ccc(NS(=O)(=O)c2cccc(C(=O)OCC(=O)Nc3ccc(C)c(F)c3)c2)cc1. The molecule has 1 amide bonds. The van der Waals surface area contributed by atoms with Gasteiger partial charge in [0.05, 0.1) is 17.6 Å². The predicted molar refractivity (Wildman–Crippen MR) is 120 cm³/mol. The number of anilines is 2. The molecule has 0 heterocycles. The van der Waals surface area contributed by atoms with Gasteiger partial charge in [-0.1, -0.05) is 12.1 Å². The van der Waals surface area contributed by atoms with E-state index >= 15 is 0 Å². The third kappa shape index (κ3) is 6.30. The van der Waals surface area contributed by atoms with E-state index in [1.54, 1.807) is 19.1 Å². The summed E-state index contributed by atoms with van der Waals surface area (Å²) in [5, 5.41) is 2.42. The van der Waals surface area contributed by atoms with Gasteiger partial charge in [-0.25, -0.2) is 17.6 Å². The maximum absolute atomic E-state index is 13.6. The van der Waals surface area contributed by atoms with Gasteiger partial charge in [-0.2, -0.15) is 0 Å². The lowest BCUT2D eigenvalue weighted by Gasteiger charge is -2.10. The molecule has 2 N–H and O–H groups in total. The van der Waals surface area contributed by atoms with E-state index in [1.165, 1.54) is 49.6 Å². The molecule has 0 aliphatic heterocycles. The van der Waals surface area contributed by atoms with Gasteiger partial charge in [0, 0.05) is 11.4 Å². The Morgan fingerprint density at radius 1 is 0.970 bits per heavy atom. The van der Waals surface area contributed by atoms with Crippen LogP contribution in [0.4, 0.5) is 15.8 Å². The summed E-state index contributed by atoms with van der Waals surface area (Å²) in [5.41, 5.74) is 0.905. The molecule has 0 aliphatic rings. The average molecular weight is 472 g/mol. The van der Waals surface area contributed by atoms with Crippen LogP contribution < -0.4 is 14.8 Å². The Kier molecular flexibility index (Phi) is 7.29. The highest BCUT2D eigenvalue weighted by Crippen LogP contribution is 2.20. The maximum Gasteiger partial charge on any atom is 0.338 e. The molecule has 172 valence electrons. The summed E-state index contributed by atoms with van der Waals surface area (Å²) in [6, 6.07) is 15.6. The number of carbonyl (C=O) groups excluding carboxylic acids is 2. The average Bonchev–Trinajstić information content (AvgIpc) is 2.80. The molecule has 3 rings (SSSR count). The van der Waals surface area contributed by atoms with Gasteiger partial charge in [0.15, 0.2) is 6.61 Å². The van der Waals surface area contributed by atoms with Crippen LogP contribution in [0.2, 0.25) is 0 Å². The van der Waals surface area contributed by atoms with E-state index in [-0.39, 0.29) is 16.1 Å². The van der Waals surface area contributed by atoms with E-state index in [4.69, 9.17) is 9.47 Å². The van der Waals surface area contributed by atoms with Crippen LogP contribution in [0.5, 0.6) is 5.75 Å². The molecule has 0 bridgehead atoms. The molecule has 0 fully saturated rings. The quantitative estimate of drug-likeness (QED) is 0.483. The molecule has 0 unspecified atom stereocenters. The van der Waals surface area contributed by atoms with Crippen molar-refractivity contribution in [3.8, 4) is 5.75 Å². The maximum atomic E-state index is 13.6. The van der Waals surface area contributed by atoms with Gasteiger partial charge in [-0.05, 0) is 67.1 Å². The van der Waals surface area contributed by atoms with Crippen LogP contribution >= 0.6 is 0 Å². The van der Waals surface area contributed by atoms with Crippen molar-refractivity contribution in [2.45, 2.75) is 11.8 Å². The molecule has 33 heavy (non-hydrogen) atoms. The number of methoxy groups -OCH3 is 1. The topological polar surface area (TPSA) is 111 Å². The molecule has 0 aliphatic carbocycles. The fourth-order valence-electron chi connectivity index (χ4n) is 2.75. The molecule has 0 atom stereocenters. The number of halogens is 1. The fraction of sp³-hybridized carbons (Fsp3) is 0.130. The Bertz CT molecular complexity index is 1280. The van der Waals surface area contributed by atoms with Gasteiger partial charge >= 0.3 is 5.97 Å². The summed E-state index contributed by atoms with van der Waals surface area (Å²) in [6.45, 7) is 0.957. The third-order valence-electron chi connectivity index (χ3n) is 4.51. The number of nitrogens with one attached hydrogen (secondary N) is 2. The second kappa shape index (κ2) is 10.1. The zero-order valence-electron chi connectivity index (χ0n) is 17.8. The number of benzene rings is 3. The second-order valence-corrected chi connectivity index (χ2v) is 8.63. The van der Waals surface area contributed by atoms with Crippen molar-refractivity contribution in [2.24, 2.45) is 0 Å². The first-order valence-electron chi connectivity index (χ1n) is 9.68. The number of carbonyl (C=O) groups is 2. The minimum atomic E-state index is -3.98. The summed E-state index contributed by atoms with van der Waals surface area (Å²) in [6.07, 6.45) is 0. The summed E-state index contributed by atoms with van der Waals surface area (Å²) < 4.78 is 51.3. The first kappa shape index (κ1) is 23.7. The number of sulfonamides is 1. The highest BCUT2D eigenvalue weighted by molar-refractivity contribution is 7.92. The number of ether oxygens (including phenoxy) is 2. The van der Waals surface area contributed by atoms with Gasteiger partial charge in [0.1, 0.15) is 11.6 Å². The predicted octanol–water partition coefficient (Wildman–Crippen LogP) is 3.74. The number of hydrogen-bond acceptors (Lipinski definition) is 6. The third-order valence-corrected chi connectivity index (χ3v) is 5.89. The zero-order chi connectivity index (χ0) is 24.0. The number of hydrogen-bond donors (Lipinski definition) is 2. The van der Waals surface area contributed by atoms with E-state index in [1.807, 2.05) is 0 Å². The van der Waals surface area contributed by atoms with E-state index in [0.29, 0.717) is 17.0 Å². The number of rotatable bonds is 8. The molecule has 0 saturated heterocycles. The van der Waals surface area contributed by atoms with Crippen molar-refractivity contribution < 1.29 is 31.9 Å². The van der Waals surface area contributed by atoms with E-state index in [2.05, 4.69) is 10.0 Å². The normalized spacial score (nSPS) is 10.9. The van der Waals surface area contributed by atoms with Gasteiger partial charge in [-0.15, -0.1) is 0 Å². The van der Waals surface area contributed by atoms with Crippen LogP contribution in [0, 0.1) is 12.7 Å². The molecule has 0 saturated carbocycles. The first-order valence-corrected chi connectivity index (χ1v) is 11.2. The lowest BCUT2D eigenvalue weighted by molar-refractivity contribution is -0.119. The van der Waals surface area contributed by atoms with Crippen LogP contribution in [-0.2, 0) is 19.6 Å². The molecule has 8 nitrogen and oxygen atoms in total. The summed E-state index contributed by atoms with van der Waals surface area (Å²) in [7, 11) is -2.49. The summed E-state index contributed by atoms with van der Waals surface area (Å²) >= 11 is 0. The smallest absolute Gasteiger partial charge is 0.338 e. The van der Waals surface area contributed by atoms with Crippen LogP contribution in [0.15, 0.2) is 71.6 Å². The van der Waals surface area contributed by atoms with E-state index in [0.717, 1.165) is 12.1 Å². The van der Waals surface area contributed by atoms with Crippen molar-refractivity contribution >= 4 is 33.3 Å². The van der Waals surface area contributed by atoms with Crippen molar-refractivity contribution in [2.75, 3.05) is 23.8 Å². The highest BCUT2D eigenvalue weighted by atomic mass is 32.2. The van der Waals surface area contributed by atoms with Crippen molar-refractivity contribution in [1.29, 1.82) is 0 Å². The monoisotopic (exact) mass is 472 g/mol. The molecular weight excluding hydrogens is 451 g/mol. The van der Waals surface area contributed by atoms with Crippen LogP contribution in [0.1, 0.15) is 15.9 Å². The summed E-state index contributed by atoms with van der Waals surface area (Å²) in [5.74, 6) is -1.47. The van der Waals surface area contributed by atoms with Crippen LogP contribution in [0.3, 0.4) is 0 Å². The Labute approximate surface area is 190 Å². The van der Waals surface area contributed by atoms with Crippen molar-refractivity contribution in [3.05, 3.63) is 83.7 Å². The lowest BCUT2D eigenvalue weighted by Crippen LogP contribution is -2.21. The van der Waals surface area contributed by atoms with E-state index < -0.39 is 34.3 Å². The molecule has 3 aromatic rings. The first-order chi connectivity index (χ1) is 15.7. The van der Waals surface area contributed by atoms with Crippen molar-refractivity contribution in [3.63, 3.8) is 0 Å². The molecule has 3 aromatic carbocycles. The highest BCUT2D eigenvalue weighted by Gasteiger charge is 2.18. The van der Waals surface area contributed by atoms with Gasteiger partial charge in [-0.3, -0.25) is 9.52 Å². The van der Waals surface area contributed by atoms with E-state index in [9.17, 15) is 22.4 Å². The Balaban J connectivity index is 1.63. The Hall–Kier alpha value is -3.92. The molecule has 0 radical (unpaired) electrons. The number of amides is 1. The zero-order valence-corrected chi connectivity index (χ0v) is 18.6. The molecular formula is C23H21FN2O6S. The van der Waals surface area contributed by atoms with Crippen LogP contribution in [0.25, 0.3) is 0 Å². The second-order valence-electron chi connectivity index (χ2n) is 6.95. The fourth-order valence-corrected chi connectivity index (χ4v) is 3.85. The molecule has 10 heteroatoms. The van der Waals surface area contributed by atoms with Crippen LogP contribution in [-0.4, -0.2) is 34.0 Å². The Morgan fingerprint density at radius 3 is 2.33 bits per heavy atom. The standard InChI is InChI=1S/C23H21FN2O6S/c1-15-6-7-18(13-21(15)24)25-22(27)14-32-23(28)16-4-3-5-20(12-16)33(29,30)26-17-8-10-19(31-2)11-9-17/h3-13,26H,14H2,1-2H3,(H,25,27).